The van der Waals surface area contributed by atoms with Crippen LogP contribution >= 0.6 is 11.3 Å². The van der Waals surface area contributed by atoms with Crippen LogP contribution in [0.1, 0.15) is 137 Å². The molecule has 1 fully saturated rings. The van der Waals surface area contributed by atoms with Crippen molar-refractivity contribution in [3.63, 3.8) is 0 Å². The van der Waals surface area contributed by atoms with Crippen molar-refractivity contribution in [3.8, 4) is 11.3 Å². The van der Waals surface area contributed by atoms with E-state index in [9.17, 15) is 9.90 Å². The number of pyridine rings is 1. The normalized spacial score (nSPS) is 15.1. The molecule has 2 aromatic heterocycles. The quantitative estimate of drug-likeness (QED) is 0.0553. The first kappa shape index (κ1) is 46.8. The smallest absolute Gasteiger partial charge is 0.162 e. The van der Waals surface area contributed by atoms with E-state index in [0.717, 1.165) is 42.5 Å². The van der Waals surface area contributed by atoms with Gasteiger partial charge in [0.25, 0.3) is 0 Å². The zero-order valence-electron chi connectivity index (χ0n) is 36.4. The molecule has 309 valence electrons. The first-order valence-electron chi connectivity index (χ1n) is 21.6. The Morgan fingerprint density at radius 2 is 1.51 bits per heavy atom. The van der Waals surface area contributed by atoms with E-state index in [-0.39, 0.29) is 48.9 Å². The fourth-order valence-electron chi connectivity index (χ4n) is 9.45. The molecule has 0 aliphatic heterocycles. The molecule has 57 heavy (non-hydrogen) atoms. The molecule has 1 N–H and O–H groups in total. The molecule has 1 unspecified atom stereocenters. The summed E-state index contributed by atoms with van der Waals surface area (Å²) < 4.78 is 3.04. The SMILES string of the molecule is CCC(CC)C(=O)/C=C(\O)C(CC)CC.Cc1c([Si](CC(C)(C)C)(c2ccccc2)C2CCCCC2)sc2c(-c3[c-]c4ccccc4c(C(C)C)c3)nccc12.[Ir]. The molecule has 2 heterocycles. The van der Waals surface area contributed by atoms with Gasteiger partial charge < -0.3 is 5.11 Å². The fourth-order valence-corrected chi connectivity index (χ4v) is 19.0. The molecule has 5 aromatic rings. The van der Waals surface area contributed by atoms with E-state index in [2.05, 4.69) is 126 Å². The number of fused-ring (bicyclic) bond motifs is 2. The number of nitrogens with zero attached hydrogens (tertiary/aromatic N) is 1. The van der Waals surface area contributed by atoms with E-state index in [4.69, 9.17) is 4.98 Å². The van der Waals surface area contributed by atoms with Crippen LogP contribution in [0.2, 0.25) is 11.6 Å². The van der Waals surface area contributed by atoms with Gasteiger partial charge in [-0.3, -0.25) is 9.78 Å². The molecule has 3 nitrogen and oxygen atoms in total. The van der Waals surface area contributed by atoms with Crippen molar-refractivity contribution in [3.05, 3.63) is 102 Å². The van der Waals surface area contributed by atoms with Crippen LogP contribution in [0.4, 0.5) is 0 Å². The van der Waals surface area contributed by atoms with Crippen molar-refractivity contribution >= 4 is 55.7 Å². The number of aromatic nitrogens is 1. The third kappa shape index (κ3) is 10.7. The number of benzene rings is 3. The van der Waals surface area contributed by atoms with Gasteiger partial charge in [0.15, 0.2) is 5.78 Å². The fraction of sp³-hybridized carbons (Fsp3) is 0.490. The Morgan fingerprint density at radius 1 is 0.895 bits per heavy atom. The largest absolute Gasteiger partial charge is 0.512 e. The number of hydrogen-bond donors (Lipinski definition) is 1. The molecule has 1 saturated carbocycles. The van der Waals surface area contributed by atoms with E-state index in [1.54, 1.807) is 9.69 Å². The maximum atomic E-state index is 11.7. The van der Waals surface area contributed by atoms with Crippen LogP contribution in [0.3, 0.4) is 0 Å². The van der Waals surface area contributed by atoms with Gasteiger partial charge in [-0.1, -0.05) is 159 Å². The number of aliphatic hydroxyl groups excluding tert-OH is 1. The van der Waals surface area contributed by atoms with E-state index in [1.165, 1.54) is 76.2 Å². The number of hydrogen-bond acceptors (Lipinski definition) is 4. The van der Waals surface area contributed by atoms with Gasteiger partial charge in [-0.05, 0) is 77.0 Å². The van der Waals surface area contributed by atoms with Crippen LogP contribution in [0.15, 0.2) is 84.8 Å². The van der Waals surface area contributed by atoms with E-state index in [1.807, 2.05) is 33.9 Å². The van der Waals surface area contributed by atoms with Crippen molar-refractivity contribution in [2.45, 2.75) is 145 Å². The Labute approximate surface area is 363 Å². The van der Waals surface area contributed by atoms with E-state index in [0.29, 0.717) is 5.92 Å². The van der Waals surface area contributed by atoms with E-state index < -0.39 is 8.07 Å². The standard InChI is InChI=1S/C38H44NSSi.C13H24O2.Ir/c1-26(2)34-24-29(23-28-15-13-14-20-33(28)34)35-36-32(21-22-39-35)27(3)37(40-36)41(25-38(4,5)6,30-16-9-7-10-17-30)31-18-11-8-12-19-31;1-5-10(6-2)12(14)9-13(15)11(7-3)8-4;/h7,9-10,13-17,20-22,24,26,31H,8,11-12,18-19,25H2,1-6H3;9-11,14H,5-8H2,1-4H3;/q-1;;/b;12-9-;. The summed E-state index contributed by atoms with van der Waals surface area (Å²) in [4.78, 5) is 16.8. The van der Waals surface area contributed by atoms with E-state index >= 15 is 0 Å². The van der Waals surface area contributed by atoms with Gasteiger partial charge in [0.2, 0.25) is 0 Å². The van der Waals surface area contributed by atoms with Crippen LogP contribution in [0.25, 0.3) is 32.1 Å². The molecule has 1 atom stereocenters. The average molecular weight is 979 g/mol. The number of aryl methyl sites for hydroxylation is 1. The molecule has 0 amide bonds. The van der Waals surface area contributed by atoms with Crippen molar-refractivity contribution in [2.24, 2.45) is 17.3 Å². The minimum absolute atomic E-state index is 0. The number of thiophene rings is 1. The first-order valence-corrected chi connectivity index (χ1v) is 24.7. The predicted molar refractivity (Wildman–Crippen MR) is 247 cm³/mol. The molecule has 6 heteroatoms. The van der Waals surface area contributed by atoms with Gasteiger partial charge >= 0.3 is 0 Å². The second-order valence-electron chi connectivity index (χ2n) is 17.8. The molecule has 1 aliphatic carbocycles. The molecule has 1 radical (unpaired) electrons. The molecule has 0 saturated heterocycles. The third-order valence-electron chi connectivity index (χ3n) is 12.4. The maximum Gasteiger partial charge on any atom is 0.162 e. The number of carbonyl (C=O) groups is 1. The second-order valence-corrected chi connectivity index (χ2v) is 23.4. The van der Waals surface area contributed by atoms with Crippen LogP contribution in [-0.2, 0) is 24.9 Å². The summed E-state index contributed by atoms with van der Waals surface area (Å²) in [6.07, 6.45) is 13.8. The summed E-state index contributed by atoms with van der Waals surface area (Å²) >= 11 is 2.08. The second kappa shape index (κ2) is 20.9. The van der Waals surface area contributed by atoms with Crippen molar-refractivity contribution < 1.29 is 30.0 Å². The van der Waals surface area contributed by atoms with Gasteiger partial charge in [0, 0.05) is 54.6 Å². The molecule has 0 bridgehead atoms. The van der Waals surface area contributed by atoms with Crippen LogP contribution in [-0.4, -0.2) is 23.9 Å². The monoisotopic (exact) mass is 979 g/mol. The predicted octanol–water partition coefficient (Wildman–Crippen LogP) is 14.2. The Balaban J connectivity index is 0.000000385. The van der Waals surface area contributed by atoms with Crippen LogP contribution in [0.5, 0.6) is 0 Å². The Morgan fingerprint density at radius 3 is 2.11 bits per heavy atom. The van der Waals surface area contributed by atoms with Crippen molar-refractivity contribution in [1.29, 1.82) is 0 Å². The maximum absolute atomic E-state index is 11.7. The summed E-state index contributed by atoms with van der Waals surface area (Å²) in [7, 11) is -2.13. The Bertz CT molecular complexity index is 2080. The zero-order valence-corrected chi connectivity index (χ0v) is 40.6. The molecule has 0 spiro atoms. The number of allylic oxidation sites excluding steroid dienone is 2. The summed E-state index contributed by atoms with van der Waals surface area (Å²) in [5.74, 6) is 0.982. The van der Waals surface area contributed by atoms with Crippen LogP contribution in [0, 0.1) is 30.2 Å². The number of aliphatic hydroxyl groups is 1. The van der Waals surface area contributed by atoms with Gasteiger partial charge in [-0.15, -0.1) is 29.1 Å². The molecule has 3 aromatic carbocycles. The summed E-state index contributed by atoms with van der Waals surface area (Å²) in [5.41, 5.74) is 6.15. The summed E-state index contributed by atoms with van der Waals surface area (Å²) in [6, 6.07) is 30.1. The zero-order chi connectivity index (χ0) is 40.6. The number of rotatable bonds is 13. The number of ketones is 1. The minimum atomic E-state index is -2.13. The van der Waals surface area contributed by atoms with Gasteiger partial charge in [0.05, 0.1) is 5.76 Å². The first-order chi connectivity index (χ1) is 26.8. The van der Waals surface area contributed by atoms with Gasteiger partial charge in [-0.25, -0.2) is 0 Å². The Hall–Kier alpha value is -2.89. The molecular formula is C51H68IrNO2SSi-. The van der Waals surface area contributed by atoms with Crippen LogP contribution < -0.4 is 9.69 Å². The van der Waals surface area contributed by atoms with Crippen molar-refractivity contribution in [2.75, 3.05) is 0 Å². The molecule has 1 aliphatic rings. The van der Waals surface area contributed by atoms with Crippen molar-refractivity contribution in [1.82, 2.24) is 4.98 Å². The van der Waals surface area contributed by atoms with Gasteiger partial charge in [-0.2, -0.15) is 11.3 Å². The van der Waals surface area contributed by atoms with Gasteiger partial charge in [0.1, 0.15) is 8.07 Å². The third-order valence-corrected chi connectivity index (χ3v) is 21.1. The average Bonchev–Trinajstić information content (AvgIpc) is 3.54. The summed E-state index contributed by atoms with van der Waals surface area (Å²) in [5, 5.41) is 15.3. The molecule has 6 rings (SSSR count). The molecular weight excluding hydrogens is 911 g/mol. The summed E-state index contributed by atoms with van der Waals surface area (Å²) in [6.45, 7) is 22.5. The minimum Gasteiger partial charge on any atom is -0.512 e. The topological polar surface area (TPSA) is 50.2 Å². The number of carbonyl (C=O) groups excluding carboxylic acids is 1. The Kier molecular flexibility index (Phi) is 17.1.